The van der Waals surface area contributed by atoms with E-state index in [1.807, 2.05) is 0 Å². The van der Waals surface area contributed by atoms with Crippen molar-refractivity contribution in [2.45, 2.75) is 155 Å². The lowest BCUT2D eigenvalue weighted by Crippen LogP contribution is -2.17. The van der Waals surface area contributed by atoms with Gasteiger partial charge in [0.05, 0.1) is 0 Å². The normalized spacial score (nSPS) is 12.7. The Morgan fingerprint density at radius 3 is 1.42 bits per heavy atom. The van der Waals surface area contributed by atoms with Crippen molar-refractivity contribution in [2.75, 3.05) is 6.61 Å². The van der Waals surface area contributed by atoms with Gasteiger partial charge in [0.15, 0.2) is 0 Å². The summed E-state index contributed by atoms with van der Waals surface area (Å²) in [6.07, 6.45) is 35.6. The van der Waals surface area contributed by atoms with E-state index >= 15 is 0 Å². The minimum atomic E-state index is -0.244. The molecule has 0 fully saturated rings. The molecule has 0 aliphatic rings. The van der Waals surface area contributed by atoms with Gasteiger partial charge < -0.3 is 9.84 Å². The van der Waals surface area contributed by atoms with Crippen LogP contribution in [0.1, 0.15) is 149 Å². The molecule has 1 N–H and O–H groups in total. The molecule has 0 radical (unpaired) electrons. The maximum atomic E-state index is 11.0. The van der Waals surface area contributed by atoms with Gasteiger partial charge in [-0.25, -0.2) is 0 Å². The summed E-state index contributed by atoms with van der Waals surface area (Å²) >= 11 is 0. The molecule has 194 valence electrons. The number of carbonyl (C=O) groups excluding carboxylic acids is 1. The van der Waals surface area contributed by atoms with Crippen LogP contribution in [-0.2, 0) is 9.53 Å². The van der Waals surface area contributed by atoms with Gasteiger partial charge in [0.1, 0.15) is 6.10 Å². The number of hydrogen-bond donors (Lipinski definition) is 1. The van der Waals surface area contributed by atoms with E-state index in [4.69, 9.17) is 9.84 Å². The minimum absolute atomic E-state index is 0.0843. The van der Waals surface area contributed by atoms with Crippen LogP contribution < -0.4 is 0 Å². The zero-order valence-corrected chi connectivity index (χ0v) is 22.2. The molecule has 0 bridgehead atoms. The van der Waals surface area contributed by atoms with Crippen molar-refractivity contribution >= 4 is 5.97 Å². The van der Waals surface area contributed by atoms with Gasteiger partial charge in [-0.15, -0.1) is 0 Å². The standard InChI is InChI=1S/C30H56O3/c1-3-4-5-6-7-8-9-10-11-12-13-14-15-16-17-18-19-20-21-22-23-24-25-26-30(27-28-31)33-29(2)32/h10-11,18-19,30-31H,3-9,12-17,20-28H2,1-2H3/b11-10+,19-18-/t30-/m1/s1. The number of rotatable bonds is 25. The van der Waals surface area contributed by atoms with Crippen LogP contribution in [0.4, 0.5) is 0 Å². The fraction of sp³-hybridized carbons (Fsp3) is 0.833. The van der Waals surface area contributed by atoms with Gasteiger partial charge in [0.25, 0.3) is 0 Å². The first-order chi connectivity index (χ1) is 16.2. The summed E-state index contributed by atoms with van der Waals surface area (Å²) in [4.78, 5) is 11.0. The highest BCUT2D eigenvalue weighted by atomic mass is 16.5. The van der Waals surface area contributed by atoms with Gasteiger partial charge in [0, 0.05) is 20.0 Å². The molecule has 0 saturated heterocycles. The number of unbranched alkanes of at least 4 members (excludes halogenated alkanes) is 16. The lowest BCUT2D eigenvalue weighted by molar-refractivity contribution is -0.147. The summed E-state index contributed by atoms with van der Waals surface area (Å²) < 4.78 is 5.23. The van der Waals surface area contributed by atoms with E-state index < -0.39 is 0 Å². The highest BCUT2D eigenvalue weighted by molar-refractivity contribution is 5.66. The molecule has 0 unspecified atom stereocenters. The summed E-state index contributed by atoms with van der Waals surface area (Å²) in [5.74, 6) is -0.244. The van der Waals surface area contributed by atoms with Gasteiger partial charge in [0.2, 0.25) is 0 Å². The smallest absolute Gasteiger partial charge is 0.302 e. The average molecular weight is 465 g/mol. The first-order valence-corrected chi connectivity index (χ1v) is 14.3. The fourth-order valence-electron chi connectivity index (χ4n) is 4.20. The molecule has 0 heterocycles. The third-order valence-electron chi connectivity index (χ3n) is 6.23. The topological polar surface area (TPSA) is 46.5 Å². The van der Waals surface area contributed by atoms with Crippen LogP contribution in [0.2, 0.25) is 0 Å². The summed E-state index contributed by atoms with van der Waals surface area (Å²) in [5, 5.41) is 9.03. The number of carbonyl (C=O) groups is 1. The van der Waals surface area contributed by atoms with Crippen molar-refractivity contribution in [3.63, 3.8) is 0 Å². The molecule has 0 aliphatic carbocycles. The lowest BCUT2D eigenvalue weighted by Gasteiger charge is -2.15. The van der Waals surface area contributed by atoms with E-state index in [9.17, 15) is 4.79 Å². The second kappa shape index (κ2) is 27.2. The Kier molecular flexibility index (Phi) is 26.3. The Labute approximate surface area is 206 Å². The van der Waals surface area contributed by atoms with Gasteiger partial charge in [-0.2, -0.15) is 0 Å². The molecule has 0 spiro atoms. The van der Waals surface area contributed by atoms with Crippen molar-refractivity contribution in [3.05, 3.63) is 24.3 Å². The second-order valence-electron chi connectivity index (χ2n) is 9.58. The van der Waals surface area contributed by atoms with E-state index in [1.165, 1.54) is 122 Å². The Balaban J connectivity index is 3.31. The predicted molar refractivity (Wildman–Crippen MR) is 144 cm³/mol. The molecule has 0 amide bonds. The SMILES string of the molecule is CCCCCCCC/C=C/CCCCCC/C=C\CCCCCCC[C@H](CCO)OC(C)=O. The van der Waals surface area contributed by atoms with Crippen molar-refractivity contribution in [1.82, 2.24) is 0 Å². The summed E-state index contributed by atoms with van der Waals surface area (Å²) in [6.45, 7) is 3.80. The van der Waals surface area contributed by atoms with Crippen LogP contribution in [0, 0.1) is 0 Å². The van der Waals surface area contributed by atoms with Crippen molar-refractivity contribution in [2.24, 2.45) is 0 Å². The first-order valence-electron chi connectivity index (χ1n) is 14.3. The maximum Gasteiger partial charge on any atom is 0.302 e. The molecular weight excluding hydrogens is 408 g/mol. The van der Waals surface area contributed by atoms with Gasteiger partial charge in [-0.05, 0) is 64.2 Å². The number of hydrogen-bond acceptors (Lipinski definition) is 3. The van der Waals surface area contributed by atoms with Crippen molar-refractivity contribution in [3.8, 4) is 0 Å². The summed E-state index contributed by atoms with van der Waals surface area (Å²) in [5.41, 5.74) is 0. The molecule has 33 heavy (non-hydrogen) atoms. The fourth-order valence-corrected chi connectivity index (χ4v) is 4.20. The highest BCUT2D eigenvalue weighted by Gasteiger charge is 2.10. The monoisotopic (exact) mass is 464 g/mol. The Bertz CT molecular complexity index is 455. The molecule has 3 nitrogen and oxygen atoms in total. The third kappa shape index (κ3) is 27.0. The van der Waals surface area contributed by atoms with Crippen LogP contribution in [0.15, 0.2) is 24.3 Å². The first kappa shape index (κ1) is 31.9. The van der Waals surface area contributed by atoms with Crippen LogP contribution in [0.5, 0.6) is 0 Å². The largest absolute Gasteiger partial charge is 0.462 e. The van der Waals surface area contributed by atoms with Gasteiger partial charge in [-0.1, -0.05) is 95.4 Å². The van der Waals surface area contributed by atoms with E-state index in [0.717, 1.165) is 12.8 Å². The molecule has 0 aromatic rings. The van der Waals surface area contributed by atoms with E-state index in [2.05, 4.69) is 31.2 Å². The van der Waals surface area contributed by atoms with E-state index in [0.29, 0.717) is 6.42 Å². The predicted octanol–water partition coefficient (Wildman–Crippen LogP) is 9.23. The quantitative estimate of drug-likeness (QED) is 0.0831. The molecule has 0 aromatic heterocycles. The van der Waals surface area contributed by atoms with Crippen molar-refractivity contribution in [1.29, 1.82) is 0 Å². The second-order valence-corrected chi connectivity index (χ2v) is 9.58. The summed E-state index contributed by atoms with van der Waals surface area (Å²) in [7, 11) is 0. The molecule has 1 atom stereocenters. The summed E-state index contributed by atoms with van der Waals surface area (Å²) in [6, 6.07) is 0. The molecule has 0 aliphatic heterocycles. The van der Waals surface area contributed by atoms with Crippen LogP contribution in [0.3, 0.4) is 0 Å². The maximum absolute atomic E-state index is 11.0. The molecule has 0 aromatic carbocycles. The van der Waals surface area contributed by atoms with E-state index in [-0.39, 0.29) is 18.7 Å². The molecule has 0 rings (SSSR count). The number of esters is 1. The molecule has 0 saturated carbocycles. The third-order valence-corrected chi connectivity index (χ3v) is 6.23. The van der Waals surface area contributed by atoms with Crippen LogP contribution in [-0.4, -0.2) is 23.8 Å². The van der Waals surface area contributed by atoms with Gasteiger partial charge >= 0.3 is 5.97 Å². The minimum Gasteiger partial charge on any atom is -0.462 e. The average Bonchev–Trinajstić information content (AvgIpc) is 2.79. The van der Waals surface area contributed by atoms with Gasteiger partial charge in [-0.3, -0.25) is 4.79 Å². The molecular formula is C30H56O3. The van der Waals surface area contributed by atoms with Crippen LogP contribution in [0.25, 0.3) is 0 Å². The molecule has 3 heteroatoms. The Hall–Kier alpha value is -1.09. The van der Waals surface area contributed by atoms with Crippen molar-refractivity contribution < 1.29 is 14.6 Å². The zero-order valence-electron chi connectivity index (χ0n) is 22.2. The highest BCUT2D eigenvalue weighted by Crippen LogP contribution is 2.14. The lowest BCUT2D eigenvalue weighted by atomic mass is 10.0. The number of ether oxygens (including phenoxy) is 1. The number of allylic oxidation sites excluding steroid dienone is 4. The number of aliphatic hydroxyl groups excluding tert-OH is 1. The van der Waals surface area contributed by atoms with Crippen LogP contribution >= 0.6 is 0 Å². The zero-order chi connectivity index (χ0) is 24.2. The number of aliphatic hydroxyl groups is 1. The Morgan fingerprint density at radius 2 is 1.03 bits per heavy atom. The Morgan fingerprint density at radius 1 is 0.636 bits per heavy atom. The van der Waals surface area contributed by atoms with E-state index in [1.54, 1.807) is 0 Å².